The van der Waals surface area contributed by atoms with Gasteiger partial charge >= 0.3 is 12.1 Å². The van der Waals surface area contributed by atoms with Gasteiger partial charge < -0.3 is 10.4 Å². The number of rotatable bonds is 4. The molecule has 0 unspecified atom stereocenters. The number of carbonyl (C=O) groups is 2. The van der Waals surface area contributed by atoms with Crippen molar-refractivity contribution in [2.75, 3.05) is 0 Å². The van der Waals surface area contributed by atoms with Gasteiger partial charge in [-0.05, 0) is 37.2 Å². The third-order valence-corrected chi connectivity index (χ3v) is 5.95. The maximum atomic E-state index is 12.5. The zero-order chi connectivity index (χ0) is 16.9. The van der Waals surface area contributed by atoms with Crippen molar-refractivity contribution < 1.29 is 27.9 Å². The summed E-state index contributed by atoms with van der Waals surface area (Å²) in [4.78, 5) is 24.1. The number of hydrogen-bond donors (Lipinski definition) is 2. The lowest BCUT2D eigenvalue weighted by Gasteiger charge is -2.58. The van der Waals surface area contributed by atoms with Gasteiger partial charge in [0.25, 0.3) is 0 Å². The van der Waals surface area contributed by atoms with Gasteiger partial charge in [0.05, 0.1) is 12.1 Å². The van der Waals surface area contributed by atoms with E-state index in [1.807, 2.05) is 0 Å². The van der Waals surface area contributed by atoms with E-state index in [9.17, 15) is 27.9 Å². The van der Waals surface area contributed by atoms with Crippen molar-refractivity contribution in [1.29, 1.82) is 0 Å². The standard InChI is InChI=1S/C15H16F3NO3S/c16-15(17,18)9-4-10(23-6-9)5-19-11(20)14(12(21)22)7-13(8-14)2-1-3-13/h4,6H,1-3,5,7-8H2,(H,19,20)(H,21,22). The first-order chi connectivity index (χ1) is 10.7. The summed E-state index contributed by atoms with van der Waals surface area (Å²) in [5.41, 5.74) is -2.16. The van der Waals surface area contributed by atoms with Gasteiger partial charge in [-0.25, -0.2) is 0 Å². The largest absolute Gasteiger partial charge is 0.480 e. The molecule has 0 saturated heterocycles. The van der Waals surface area contributed by atoms with Crippen LogP contribution in [-0.2, 0) is 22.3 Å². The normalized spacial score (nSPS) is 21.3. The van der Waals surface area contributed by atoms with E-state index in [2.05, 4.69) is 5.32 Å². The number of carbonyl (C=O) groups excluding carboxylic acids is 1. The molecule has 1 amide bonds. The highest BCUT2D eigenvalue weighted by molar-refractivity contribution is 7.10. The predicted molar refractivity (Wildman–Crippen MR) is 76.8 cm³/mol. The number of aliphatic carboxylic acids is 1. The Bertz CT molecular complexity index is 641. The SMILES string of the molecule is O=C(O)C1(C(=O)NCc2cc(C(F)(F)F)cs2)CC2(CCC2)C1. The van der Waals surface area contributed by atoms with Gasteiger partial charge in [0, 0.05) is 10.3 Å². The second kappa shape index (κ2) is 5.22. The summed E-state index contributed by atoms with van der Waals surface area (Å²) in [5, 5.41) is 12.9. The first kappa shape index (κ1) is 16.3. The lowest BCUT2D eigenvalue weighted by atomic mass is 9.45. The summed E-state index contributed by atoms with van der Waals surface area (Å²) < 4.78 is 37.6. The molecule has 2 N–H and O–H groups in total. The second-order valence-corrected chi connectivity index (χ2v) is 7.57. The first-order valence-corrected chi connectivity index (χ1v) is 8.21. The van der Waals surface area contributed by atoms with Gasteiger partial charge in [-0.1, -0.05) is 6.42 Å². The molecule has 126 valence electrons. The fourth-order valence-corrected chi connectivity index (χ4v) is 4.46. The van der Waals surface area contributed by atoms with Crippen LogP contribution in [0.3, 0.4) is 0 Å². The number of amides is 1. The Morgan fingerprint density at radius 2 is 1.96 bits per heavy atom. The molecular weight excluding hydrogens is 331 g/mol. The molecule has 8 heteroatoms. The topological polar surface area (TPSA) is 66.4 Å². The monoisotopic (exact) mass is 347 g/mol. The molecule has 2 saturated carbocycles. The molecular formula is C15H16F3NO3S. The van der Waals surface area contributed by atoms with Gasteiger partial charge in [0.1, 0.15) is 5.41 Å². The third kappa shape index (κ3) is 2.73. The van der Waals surface area contributed by atoms with E-state index in [0.29, 0.717) is 17.7 Å². The molecule has 2 aliphatic carbocycles. The number of hydrogen-bond acceptors (Lipinski definition) is 3. The van der Waals surface area contributed by atoms with Crippen molar-refractivity contribution in [1.82, 2.24) is 5.32 Å². The molecule has 0 aliphatic heterocycles. The minimum atomic E-state index is -4.41. The van der Waals surface area contributed by atoms with Crippen LogP contribution >= 0.6 is 11.3 Å². The number of alkyl halides is 3. The van der Waals surface area contributed by atoms with Gasteiger partial charge in [-0.15, -0.1) is 11.3 Å². The number of nitrogens with one attached hydrogen (secondary N) is 1. The Kier molecular flexibility index (Phi) is 3.70. The maximum Gasteiger partial charge on any atom is 0.417 e. The van der Waals surface area contributed by atoms with Gasteiger partial charge in [0.2, 0.25) is 5.91 Å². The molecule has 2 fully saturated rings. The summed E-state index contributed by atoms with van der Waals surface area (Å²) in [5.74, 6) is -1.74. The summed E-state index contributed by atoms with van der Waals surface area (Å²) >= 11 is 0.896. The molecule has 1 spiro atoms. The van der Waals surface area contributed by atoms with Crippen LogP contribution in [-0.4, -0.2) is 17.0 Å². The molecule has 2 aliphatic rings. The fourth-order valence-electron chi connectivity index (χ4n) is 3.63. The van der Waals surface area contributed by atoms with Crippen molar-refractivity contribution in [3.8, 4) is 0 Å². The average molecular weight is 347 g/mol. The Morgan fingerprint density at radius 3 is 2.39 bits per heavy atom. The number of thiophene rings is 1. The highest BCUT2D eigenvalue weighted by Crippen LogP contribution is 2.64. The first-order valence-electron chi connectivity index (χ1n) is 7.33. The number of carboxylic acids is 1. The van der Waals surface area contributed by atoms with Crippen LogP contribution in [0.25, 0.3) is 0 Å². The van der Waals surface area contributed by atoms with Crippen molar-refractivity contribution in [3.63, 3.8) is 0 Å². The number of carboxylic acid groups (broad SMARTS) is 1. The zero-order valence-electron chi connectivity index (χ0n) is 12.2. The molecule has 23 heavy (non-hydrogen) atoms. The minimum absolute atomic E-state index is 0.00210. The quantitative estimate of drug-likeness (QED) is 0.820. The lowest BCUT2D eigenvalue weighted by Crippen LogP contribution is -2.61. The molecule has 1 aromatic rings. The molecule has 0 radical (unpaired) electrons. The van der Waals surface area contributed by atoms with Crippen LogP contribution in [0.15, 0.2) is 11.4 Å². The van der Waals surface area contributed by atoms with E-state index in [1.165, 1.54) is 0 Å². The minimum Gasteiger partial charge on any atom is -0.480 e. The molecule has 0 bridgehead atoms. The molecule has 4 nitrogen and oxygen atoms in total. The lowest BCUT2D eigenvalue weighted by molar-refractivity contribution is -0.181. The third-order valence-electron chi connectivity index (χ3n) is 5.02. The Labute approximate surface area is 134 Å². The summed E-state index contributed by atoms with van der Waals surface area (Å²) in [6, 6.07) is 0.979. The Hall–Kier alpha value is -1.57. The predicted octanol–water partition coefficient (Wildman–Crippen LogP) is 3.42. The van der Waals surface area contributed by atoms with Crippen LogP contribution in [0.5, 0.6) is 0 Å². The Morgan fingerprint density at radius 1 is 1.30 bits per heavy atom. The molecule has 1 aromatic heterocycles. The summed E-state index contributed by atoms with van der Waals surface area (Å²) in [6.45, 7) is -0.0817. The highest BCUT2D eigenvalue weighted by Gasteiger charge is 2.64. The smallest absolute Gasteiger partial charge is 0.417 e. The Balaban J connectivity index is 1.62. The van der Waals surface area contributed by atoms with Crippen molar-refractivity contribution in [2.45, 2.75) is 44.8 Å². The van der Waals surface area contributed by atoms with E-state index >= 15 is 0 Å². The van der Waals surface area contributed by atoms with Crippen LogP contribution in [0.1, 0.15) is 42.5 Å². The van der Waals surface area contributed by atoms with Gasteiger partial charge in [-0.2, -0.15) is 13.2 Å². The maximum absolute atomic E-state index is 12.5. The summed E-state index contributed by atoms with van der Waals surface area (Å²) in [7, 11) is 0. The fraction of sp³-hybridized carbons (Fsp3) is 0.600. The zero-order valence-corrected chi connectivity index (χ0v) is 13.0. The van der Waals surface area contributed by atoms with E-state index in [-0.39, 0.29) is 12.0 Å². The molecule has 1 heterocycles. The van der Waals surface area contributed by atoms with Crippen LogP contribution in [0.2, 0.25) is 0 Å². The molecule has 0 atom stereocenters. The van der Waals surface area contributed by atoms with E-state index in [4.69, 9.17) is 0 Å². The average Bonchev–Trinajstić information content (AvgIpc) is 2.81. The van der Waals surface area contributed by atoms with Crippen molar-refractivity contribution >= 4 is 23.2 Å². The van der Waals surface area contributed by atoms with E-state index < -0.39 is 29.0 Å². The van der Waals surface area contributed by atoms with E-state index in [0.717, 1.165) is 42.0 Å². The highest BCUT2D eigenvalue weighted by atomic mass is 32.1. The van der Waals surface area contributed by atoms with Gasteiger partial charge in [0.15, 0.2) is 0 Å². The van der Waals surface area contributed by atoms with Gasteiger partial charge in [-0.3, -0.25) is 9.59 Å². The molecule has 3 rings (SSSR count). The van der Waals surface area contributed by atoms with Crippen LogP contribution in [0, 0.1) is 10.8 Å². The van der Waals surface area contributed by atoms with Crippen molar-refractivity contribution in [3.05, 3.63) is 21.9 Å². The number of halogens is 3. The second-order valence-electron chi connectivity index (χ2n) is 6.58. The van der Waals surface area contributed by atoms with Crippen LogP contribution < -0.4 is 5.32 Å². The van der Waals surface area contributed by atoms with Crippen molar-refractivity contribution in [2.24, 2.45) is 10.8 Å². The van der Waals surface area contributed by atoms with E-state index in [1.54, 1.807) is 0 Å². The molecule has 0 aromatic carbocycles. The summed E-state index contributed by atoms with van der Waals surface area (Å²) in [6.07, 6.45) is -0.776. The van der Waals surface area contributed by atoms with Crippen LogP contribution in [0.4, 0.5) is 13.2 Å².